The summed E-state index contributed by atoms with van der Waals surface area (Å²) in [6.45, 7) is 3.45. The average Bonchev–Trinajstić information content (AvgIpc) is 3.00. The van der Waals surface area contributed by atoms with Crippen LogP contribution in [0.4, 0.5) is 9.18 Å². The molecule has 9 heteroatoms. The third-order valence-electron chi connectivity index (χ3n) is 2.94. The van der Waals surface area contributed by atoms with Crippen molar-refractivity contribution >= 4 is 24.1 Å². The smallest absolute Gasteiger partial charge is 0.358 e. The summed E-state index contributed by atoms with van der Waals surface area (Å²) < 4.78 is 24.8. The summed E-state index contributed by atoms with van der Waals surface area (Å²) >= 11 is 0. The van der Waals surface area contributed by atoms with Crippen LogP contribution in [0, 0.1) is 5.92 Å². The number of halogens is 1. The number of nitrogens with one attached hydrogen (secondary N) is 2. The van der Waals surface area contributed by atoms with E-state index in [1.807, 2.05) is 0 Å². The predicted octanol–water partition coefficient (Wildman–Crippen LogP) is 0.772. The van der Waals surface area contributed by atoms with Gasteiger partial charge in [-0.25, -0.2) is 14.0 Å². The second-order valence-electron chi connectivity index (χ2n) is 5.33. The Kier molecular flexibility index (Phi) is 4.77. The molecular weight excluding hydrogens is 309 g/mol. The number of ether oxygens (including phenoxy) is 1. The first-order valence-corrected chi connectivity index (χ1v) is 6.88. The number of hydrogen-bond donors (Lipinski definition) is 2. The van der Waals surface area contributed by atoms with Crippen LogP contribution in [0.2, 0.25) is 0 Å². The van der Waals surface area contributed by atoms with Crippen LogP contribution in [0.1, 0.15) is 19.6 Å². The number of aliphatic imine (C=N–C) groups is 1. The largest absolute Gasteiger partial charge is 0.463 e. The molecule has 1 saturated heterocycles. The average molecular weight is 325 g/mol. The zero-order chi connectivity index (χ0) is 17.0. The van der Waals surface area contributed by atoms with E-state index in [1.165, 1.54) is 12.3 Å². The first-order valence-electron chi connectivity index (χ1n) is 6.88. The number of alkyl halides is 1. The van der Waals surface area contributed by atoms with E-state index in [-0.39, 0.29) is 18.3 Å². The van der Waals surface area contributed by atoms with Crippen molar-refractivity contribution in [2.75, 3.05) is 6.61 Å². The summed E-state index contributed by atoms with van der Waals surface area (Å²) in [5, 5.41) is 3.78. The summed E-state index contributed by atoms with van der Waals surface area (Å²) in [5.74, 6) is -2.61. The molecule has 8 nitrogen and oxygen atoms in total. The van der Waals surface area contributed by atoms with Gasteiger partial charge in [-0.3, -0.25) is 15.1 Å². The van der Waals surface area contributed by atoms with E-state index in [0.29, 0.717) is 0 Å². The van der Waals surface area contributed by atoms with Gasteiger partial charge in [0, 0.05) is 0 Å². The van der Waals surface area contributed by atoms with E-state index in [0.717, 1.165) is 6.21 Å². The highest BCUT2D eigenvalue weighted by Gasteiger charge is 2.59. The summed E-state index contributed by atoms with van der Waals surface area (Å²) in [6, 6.07) is 2.15. The van der Waals surface area contributed by atoms with Gasteiger partial charge in [-0.1, -0.05) is 13.8 Å². The number of rotatable bonds is 5. The van der Waals surface area contributed by atoms with Crippen LogP contribution in [-0.4, -0.2) is 42.6 Å². The van der Waals surface area contributed by atoms with Crippen LogP contribution < -0.4 is 10.6 Å². The molecule has 0 aromatic carbocycles. The lowest BCUT2D eigenvalue weighted by atomic mass is 9.99. The maximum absolute atomic E-state index is 15.0. The number of amides is 3. The molecule has 2 unspecified atom stereocenters. The van der Waals surface area contributed by atoms with Crippen LogP contribution in [-0.2, 0) is 14.3 Å². The highest BCUT2D eigenvalue weighted by molar-refractivity contribution is 6.14. The van der Waals surface area contributed by atoms with E-state index in [1.54, 1.807) is 25.2 Å². The minimum Gasteiger partial charge on any atom is -0.463 e. The molecule has 2 heterocycles. The molecule has 1 aliphatic heterocycles. The number of esters is 1. The standard InChI is InChI=1S/C14H16FN3O5/c1-8(2)7-23-12(20)14(15)10(17-13(21)18-11(14)19)16-6-9-4-3-5-22-9/h3-6,8,10H,7H2,1-2H3,(H2,17,18,19,21)/b16-6+. The number of furan rings is 1. The van der Waals surface area contributed by atoms with Crippen molar-refractivity contribution in [3.63, 3.8) is 0 Å². The Balaban J connectivity index is 2.24. The van der Waals surface area contributed by atoms with Gasteiger partial charge >= 0.3 is 17.7 Å². The van der Waals surface area contributed by atoms with Gasteiger partial charge in [0.1, 0.15) is 5.76 Å². The number of hydrogen-bond acceptors (Lipinski definition) is 6. The Labute approximate surface area is 131 Å². The fourth-order valence-electron chi connectivity index (χ4n) is 1.78. The second-order valence-corrected chi connectivity index (χ2v) is 5.33. The van der Waals surface area contributed by atoms with Gasteiger partial charge in [0.15, 0.2) is 6.17 Å². The molecule has 124 valence electrons. The van der Waals surface area contributed by atoms with Gasteiger partial charge < -0.3 is 14.5 Å². The maximum Gasteiger partial charge on any atom is 0.358 e. The number of carbonyl (C=O) groups excluding carboxylic acids is 3. The Bertz CT molecular complexity index is 628. The third kappa shape index (κ3) is 3.55. The topological polar surface area (TPSA) is 110 Å². The molecule has 0 spiro atoms. The molecule has 3 amide bonds. The van der Waals surface area contributed by atoms with Crippen molar-refractivity contribution in [3.05, 3.63) is 24.2 Å². The maximum atomic E-state index is 15.0. The van der Waals surface area contributed by atoms with Crippen LogP contribution in [0.3, 0.4) is 0 Å². The Morgan fingerprint density at radius 1 is 1.57 bits per heavy atom. The van der Waals surface area contributed by atoms with Crippen molar-refractivity contribution in [1.82, 2.24) is 10.6 Å². The highest BCUT2D eigenvalue weighted by Crippen LogP contribution is 2.23. The summed E-state index contributed by atoms with van der Waals surface area (Å²) in [5.41, 5.74) is -3.16. The molecule has 1 aliphatic rings. The van der Waals surface area contributed by atoms with Gasteiger partial charge in [0.25, 0.3) is 5.91 Å². The van der Waals surface area contributed by atoms with E-state index >= 15 is 4.39 Å². The number of urea groups is 1. The van der Waals surface area contributed by atoms with E-state index in [2.05, 4.69) is 10.3 Å². The van der Waals surface area contributed by atoms with Crippen molar-refractivity contribution in [2.45, 2.75) is 25.7 Å². The molecule has 1 aromatic heterocycles. The van der Waals surface area contributed by atoms with Gasteiger partial charge in [0.2, 0.25) is 0 Å². The van der Waals surface area contributed by atoms with E-state index in [9.17, 15) is 14.4 Å². The molecule has 0 radical (unpaired) electrons. The normalized spacial score (nSPS) is 24.6. The summed E-state index contributed by atoms with van der Waals surface area (Å²) in [7, 11) is 0. The number of nitrogens with zero attached hydrogens (tertiary/aromatic N) is 1. The van der Waals surface area contributed by atoms with Crippen molar-refractivity contribution in [3.8, 4) is 0 Å². The van der Waals surface area contributed by atoms with Crippen molar-refractivity contribution in [1.29, 1.82) is 0 Å². The SMILES string of the molecule is CC(C)COC(=O)C1(F)C(=O)NC(=O)NC1/N=C/c1ccco1. The third-order valence-corrected chi connectivity index (χ3v) is 2.94. The lowest BCUT2D eigenvalue weighted by Gasteiger charge is -2.32. The number of carbonyl (C=O) groups is 3. The molecule has 2 atom stereocenters. The lowest BCUT2D eigenvalue weighted by Crippen LogP contribution is -2.69. The fraction of sp³-hybridized carbons (Fsp3) is 0.429. The number of imide groups is 1. The molecule has 2 rings (SSSR count). The Morgan fingerprint density at radius 3 is 2.91 bits per heavy atom. The Morgan fingerprint density at radius 2 is 2.30 bits per heavy atom. The molecule has 1 aromatic rings. The first-order chi connectivity index (χ1) is 10.8. The molecule has 23 heavy (non-hydrogen) atoms. The van der Waals surface area contributed by atoms with Gasteiger partial charge in [-0.15, -0.1) is 0 Å². The highest BCUT2D eigenvalue weighted by atomic mass is 19.1. The van der Waals surface area contributed by atoms with Crippen molar-refractivity contribution < 1.29 is 27.9 Å². The summed E-state index contributed by atoms with van der Waals surface area (Å²) in [4.78, 5) is 38.9. The Hall–Kier alpha value is -2.71. The molecule has 2 N–H and O–H groups in total. The monoisotopic (exact) mass is 325 g/mol. The van der Waals surface area contributed by atoms with Gasteiger partial charge in [0.05, 0.1) is 19.1 Å². The summed E-state index contributed by atoms with van der Waals surface area (Å²) in [6.07, 6.45) is 0.717. The zero-order valence-electron chi connectivity index (χ0n) is 12.5. The quantitative estimate of drug-likeness (QED) is 0.472. The predicted molar refractivity (Wildman–Crippen MR) is 76.4 cm³/mol. The molecule has 1 fully saturated rings. The lowest BCUT2D eigenvalue weighted by molar-refractivity contribution is -0.167. The molecule has 0 aliphatic carbocycles. The fourth-order valence-corrected chi connectivity index (χ4v) is 1.78. The molecular formula is C14H16FN3O5. The van der Waals surface area contributed by atoms with E-state index < -0.39 is 29.7 Å². The molecule has 0 saturated carbocycles. The van der Waals surface area contributed by atoms with Crippen molar-refractivity contribution in [2.24, 2.45) is 10.9 Å². The van der Waals surface area contributed by atoms with Crippen LogP contribution in [0.5, 0.6) is 0 Å². The first kappa shape index (κ1) is 16.7. The van der Waals surface area contributed by atoms with Crippen LogP contribution in [0.25, 0.3) is 0 Å². The van der Waals surface area contributed by atoms with E-state index in [4.69, 9.17) is 9.15 Å². The minimum atomic E-state index is -3.16. The van der Waals surface area contributed by atoms with Crippen LogP contribution >= 0.6 is 0 Å². The second kappa shape index (κ2) is 6.59. The zero-order valence-corrected chi connectivity index (χ0v) is 12.5. The minimum absolute atomic E-state index is 0.0473. The van der Waals surface area contributed by atoms with Gasteiger partial charge in [-0.2, -0.15) is 0 Å². The van der Waals surface area contributed by atoms with Gasteiger partial charge in [-0.05, 0) is 18.1 Å². The van der Waals surface area contributed by atoms with Crippen LogP contribution in [0.15, 0.2) is 27.8 Å². The molecule has 0 bridgehead atoms.